The molecule has 15 heavy (non-hydrogen) atoms. The van der Waals surface area contributed by atoms with E-state index in [1.165, 1.54) is 0 Å². The number of likely N-dealkylation sites (N-methyl/N-ethyl adjacent to an activating group) is 1. The lowest BCUT2D eigenvalue weighted by Gasteiger charge is -2.16. The number of amides is 1. The SMILES string of the molecule is Cc1ccc(N(C)CC(N)=O)nc1C#N. The molecule has 0 unspecified atom stereocenters. The van der Waals surface area contributed by atoms with Crippen LogP contribution in [0.1, 0.15) is 11.3 Å². The van der Waals surface area contributed by atoms with E-state index < -0.39 is 5.91 Å². The van der Waals surface area contributed by atoms with Crippen LogP contribution in [0.4, 0.5) is 5.82 Å². The molecule has 0 spiro atoms. The topological polar surface area (TPSA) is 83.0 Å². The van der Waals surface area contributed by atoms with Gasteiger partial charge in [0.1, 0.15) is 17.6 Å². The molecule has 0 aliphatic carbocycles. The maximum Gasteiger partial charge on any atom is 0.236 e. The van der Waals surface area contributed by atoms with Gasteiger partial charge in [0.15, 0.2) is 0 Å². The summed E-state index contributed by atoms with van der Waals surface area (Å²) in [5.41, 5.74) is 6.24. The second-order valence-electron chi connectivity index (χ2n) is 3.27. The molecule has 0 radical (unpaired) electrons. The van der Waals surface area contributed by atoms with E-state index in [-0.39, 0.29) is 6.54 Å². The van der Waals surface area contributed by atoms with Gasteiger partial charge in [0.2, 0.25) is 5.91 Å². The second kappa shape index (κ2) is 4.42. The number of hydrogen-bond acceptors (Lipinski definition) is 4. The summed E-state index contributed by atoms with van der Waals surface area (Å²) in [6.07, 6.45) is 0. The number of nitriles is 1. The monoisotopic (exact) mass is 204 g/mol. The molecular weight excluding hydrogens is 192 g/mol. The summed E-state index contributed by atoms with van der Waals surface area (Å²) < 4.78 is 0. The molecule has 0 aliphatic rings. The highest BCUT2D eigenvalue weighted by atomic mass is 16.1. The molecule has 5 nitrogen and oxygen atoms in total. The number of rotatable bonds is 3. The fraction of sp³-hybridized carbons (Fsp3) is 0.300. The van der Waals surface area contributed by atoms with Crippen LogP contribution >= 0.6 is 0 Å². The molecule has 5 heteroatoms. The third kappa shape index (κ3) is 2.68. The lowest BCUT2D eigenvalue weighted by molar-refractivity contribution is -0.116. The van der Waals surface area contributed by atoms with E-state index in [4.69, 9.17) is 11.0 Å². The third-order valence-electron chi connectivity index (χ3n) is 1.97. The van der Waals surface area contributed by atoms with Crippen LogP contribution in [0.5, 0.6) is 0 Å². The number of carbonyl (C=O) groups is 1. The van der Waals surface area contributed by atoms with E-state index in [9.17, 15) is 4.79 Å². The molecule has 0 atom stereocenters. The van der Waals surface area contributed by atoms with E-state index >= 15 is 0 Å². The van der Waals surface area contributed by atoms with Crippen molar-refractivity contribution in [2.45, 2.75) is 6.92 Å². The van der Waals surface area contributed by atoms with Crippen LogP contribution in [0.15, 0.2) is 12.1 Å². The van der Waals surface area contributed by atoms with Crippen molar-refractivity contribution < 1.29 is 4.79 Å². The molecule has 0 saturated carbocycles. The fourth-order valence-corrected chi connectivity index (χ4v) is 1.16. The van der Waals surface area contributed by atoms with Crippen LogP contribution in [0.25, 0.3) is 0 Å². The summed E-state index contributed by atoms with van der Waals surface area (Å²) in [5, 5.41) is 8.78. The van der Waals surface area contributed by atoms with Gasteiger partial charge in [-0.2, -0.15) is 5.26 Å². The fourth-order valence-electron chi connectivity index (χ4n) is 1.16. The van der Waals surface area contributed by atoms with Gasteiger partial charge in [-0.3, -0.25) is 4.79 Å². The second-order valence-corrected chi connectivity index (χ2v) is 3.27. The van der Waals surface area contributed by atoms with Gasteiger partial charge in [-0.1, -0.05) is 6.07 Å². The van der Waals surface area contributed by atoms with Gasteiger partial charge in [0, 0.05) is 7.05 Å². The van der Waals surface area contributed by atoms with E-state index in [2.05, 4.69) is 4.98 Å². The first-order valence-electron chi connectivity index (χ1n) is 4.41. The first kappa shape index (κ1) is 11.0. The van der Waals surface area contributed by atoms with Gasteiger partial charge < -0.3 is 10.6 Å². The van der Waals surface area contributed by atoms with E-state index in [1.807, 2.05) is 13.0 Å². The Bertz CT molecular complexity index is 422. The van der Waals surface area contributed by atoms with Crippen molar-refractivity contribution in [1.82, 2.24) is 4.98 Å². The Kier molecular flexibility index (Phi) is 3.24. The zero-order valence-electron chi connectivity index (χ0n) is 8.69. The molecule has 1 aromatic heterocycles. The number of aryl methyl sites for hydroxylation is 1. The lowest BCUT2D eigenvalue weighted by atomic mass is 10.2. The van der Waals surface area contributed by atoms with Gasteiger partial charge in [0.05, 0.1) is 6.54 Å². The predicted octanol–water partition coefficient (Wildman–Crippen LogP) is 0.183. The molecule has 0 aliphatic heterocycles. The van der Waals surface area contributed by atoms with Crippen molar-refractivity contribution in [2.75, 3.05) is 18.5 Å². The van der Waals surface area contributed by atoms with Gasteiger partial charge >= 0.3 is 0 Å². The third-order valence-corrected chi connectivity index (χ3v) is 1.97. The van der Waals surface area contributed by atoms with Gasteiger partial charge in [0.25, 0.3) is 0 Å². The van der Waals surface area contributed by atoms with Crippen LogP contribution in [-0.2, 0) is 4.79 Å². The highest BCUT2D eigenvalue weighted by Crippen LogP contribution is 2.12. The van der Waals surface area contributed by atoms with Crippen LogP contribution in [0.2, 0.25) is 0 Å². The zero-order chi connectivity index (χ0) is 11.4. The van der Waals surface area contributed by atoms with Gasteiger partial charge in [-0.05, 0) is 18.6 Å². The Labute approximate surface area is 88.1 Å². The molecule has 1 aromatic rings. The first-order valence-corrected chi connectivity index (χ1v) is 4.41. The molecular formula is C10H12N4O. The Morgan fingerprint density at radius 2 is 2.33 bits per heavy atom. The minimum atomic E-state index is -0.432. The number of aromatic nitrogens is 1. The highest BCUT2D eigenvalue weighted by Gasteiger charge is 2.07. The van der Waals surface area contributed by atoms with Crippen molar-refractivity contribution in [3.05, 3.63) is 23.4 Å². The molecule has 1 heterocycles. The average molecular weight is 204 g/mol. The summed E-state index contributed by atoms with van der Waals surface area (Å²) in [6, 6.07) is 5.53. The molecule has 78 valence electrons. The van der Waals surface area contributed by atoms with E-state index in [0.29, 0.717) is 11.5 Å². The van der Waals surface area contributed by atoms with Crippen molar-refractivity contribution >= 4 is 11.7 Å². The van der Waals surface area contributed by atoms with Crippen LogP contribution in [0.3, 0.4) is 0 Å². The van der Waals surface area contributed by atoms with Crippen LogP contribution in [-0.4, -0.2) is 24.5 Å². The maximum atomic E-state index is 10.7. The van der Waals surface area contributed by atoms with Crippen LogP contribution in [0, 0.1) is 18.3 Å². The van der Waals surface area contributed by atoms with Gasteiger partial charge in [-0.15, -0.1) is 0 Å². The molecule has 1 rings (SSSR count). The van der Waals surface area contributed by atoms with E-state index in [1.54, 1.807) is 24.1 Å². The number of nitrogens with two attached hydrogens (primary N) is 1. The molecule has 0 saturated heterocycles. The quantitative estimate of drug-likeness (QED) is 0.761. The number of nitrogens with zero attached hydrogens (tertiary/aromatic N) is 3. The summed E-state index contributed by atoms with van der Waals surface area (Å²) >= 11 is 0. The largest absolute Gasteiger partial charge is 0.368 e. The number of pyridine rings is 1. The average Bonchev–Trinajstić information content (AvgIpc) is 2.17. The normalized spacial score (nSPS) is 9.40. The van der Waals surface area contributed by atoms with Crippen molar-refractivity contribution in [3.63, 3.8) is 0 Å². The smallest absolute Gasteiger partial charge is 0.236 e. The summed E-state index contributed by atoms with van der Waals surface area (Å²) in [5.74, 6) is 0.134. The van der Waals surface area contributed by atoms with Gasteiger partial charge in [-0.25, -0.2) is 4.98 Å². The zero-order valence-corrected chi connectivity index (χ0v) is 8.69. The number of hydrogen-bond donors (Lipinski definition) is 1. The van der Waals surface area contributed by atoms with E-state index in [0.717, 1.165) is 5.56 Å². The Morgan fingerprint density at radius 1 is 1.67 bits per heavy atom. The van der Waals surface area contributed by atoms with Crippen molar-refractivity contribution in [3.8, 4) is 6.07 Å². The number of carbonyl (C=O) groups excluding carboxylic acids is 1. The minimum absolute atomic E-state index is 0.0843. The lowest BCUT2D eigenvalue weighted by Crippen LogP contribution is -2.31. The maximum absolute atomic E-state index is 10.7. The summed E-state index contributed by atoms with van der Waals surface area (Å²) in [7, 11) is 1.70. The molecule has 0 bridgehead atoms. The predicted molar refractivity (Wildman–Crippen MR) is 56.2 cm³/mol. The minimum Gasteiger partial charge on any atom is -0.368 e. The summed E-state index contributed by atoms with van der Waals surface area (Å²) in [4.78, 5) is 16.4. The van der Waals surface area contributed by atoms with Crippen LogP contribution < -0.4 is 10.6 Å². The highest BCUT2D eigenvalue weighted by molar-refractivity contribution is 5.79. The molecule has 0 fully saturated rings. The molecule has 2 N–H and O–H groups in total. The number of anilines is 1. The Morgan fingerprint density at radius 3 is 2.87 bits per heavy atom. The number of primary amides is 1. The van der Waals surface area contributed by atoms with Crippen molar-refractivity contribution in [2.24, 2.45) is 5.73 Å². The molecule has 1 amide bonds. The standard InChI is InChI=1S/C10H12N4O/c1-7-3-4-10(13-8(7)5-11)14(2)6-9(12)15/h3-4H,6H2,1-2H3,(H2,12,15). The summed E-state index contributed by atoms with van der Waals surface area (Å²) in [6.45, 7) is 1.89. The first-order chi connectivity index (χ1) is 7.04. The van der Waals surface area contributed by atoms with Crippen molar-refractivity contribution in [1.29, 1.82) is 5.26 Å². The Hall–Kier alpha value is -2.09. The Balaban J connectivity index is 2.96. The molecule has 0 aromatic carbocycles.